The topological polar surface area (TPSA) is 132 Å². The van der Waals surface area contributed by atoms with Gasteiger partial charge in [0.05, 0.1) is 0 Å². The van der Waals surface area contributed by atoms with Gasteiger partial charge in [-0.05, 0) is 62.0 Å². The molecule has 1 aliphatic carbocycles. The van der Waals surface area contributed by atoms with Crippen LogP contribution in [0.1, 0.15) is 63.8 Å². The number of nitrogens with one attached hydrogen (secondary N) is 1. The van der Waals surface area contributed by atoms with Crippen molar-refractivity contribution in [3.8, 4) is 22.9 Å². The Hall–Kier alpha value is -3.08. The van der Waals surface area contributed by atoms with Gasteiger partial charge >= 0.3 is 5.76 Å². The summed E-state index contributed by atoms with van der Waals surface area (Å²) in [7, 11) is 0. The van der Waals surface area contributed by atoms with Crippen LogP contribution in [-0.4, -0.2) is 48.0 Å². The zero-order valence-corrected chi connectivity index (χ0v) is 22.7. The van der Waals surface area contributed by atoms with E-state index in [0.717, 1.165) is 62.4 Å². The third-order valence-corrected chi connectivity index (χ3v) is 8.39. The highest BCUT2D eigenvalue weighted by Gasteiger charge is 2.29. The lowest BCUT2D eigenvalue weighted by molar-refractivity contribution is 0.0408. The minimum Gasteiger partial charge on any atom is -0.385 e. The minimum absolute atomic E-state index is 0.116. The fourth-order valence-electron chi connectivity index (χ4n) is 5.93. The first-order valence-electron chi connectivity index (χ1n) is 13.8. The van der Waals surface area contributed by atoms with Crippen molar-refractivity contribution in [3.05, 3.63) is 45.7 Å². The molecule has 2 N–H and O–H groups in total. The van der Waals surface area contributed by atoms with E-state index in [2.05, 4.69) is 26.6 Å². The van der Waals surface area contributed by atoms with E-state index in [0.29, 0.717) is 40.4 Å². The second-order valence-corrected chi connectivity index (χ2v) is 11.5. The maximum Gasteiger partial charge on any atom is 0.439 e. The van der Waals surface area contributed by atoms with E-state index in [1.54, 1.807) is 0 Å². The van der Waals surface area contributed by atoms with Crippen LogP contribution in [-0.2, 0) is 11.3 Å². The number of nitrogens with zero attached hydrogens (tertiary/aromatic N) is 5. The van der Waals surface area contributed by atoms with Gasteiger partial charge in [-0.1, -0.05) is 48.7 Å². The number of imidazole rings is 1. The van der Waals surface area contributed by atoms with Crippen molar-refractivity contribution in [2.45, 2.75) is 64.5 Å². The van der Waals surface area contributed by atoms with Gasteiger partial charge in [0, 0.05) is 30.3 Å². The predicted octanol–water partition coefficient (Wildman–Crippen LogP) is 5.17. The average molecular weight is 553 g/mol. The number of rotatable bonds is 7. The van der Waals surface area contributed by atoms with Crippen LogP contribution in [0.4, 0.5) is 0 Å². The van der Waals surface area contributed by atoms with Crippen molar-refractivity contribution in [2.75, 3.05) is 13.2 Å². The second kappa shape index (κ2) is 11.2. The Balaban J connectivity index is 1.51. The molecule has 10 nitrogen and oxygen atoms in total. The first kappa shape index (κ1) is 26.2. The predicted molar refractivity (Wildman–Crippen MR) is 146 cm³/mol. The first-order valence-corrected chi connectivity index (χ1v) is 14.2. The molecule has 1 aromatic carbocycles. The Morgan fingerprint density at radius 3 is 2.62 bits per heavy atom. The number of benzene rings is 1. The molecule has 0 bridgehead atoms. The lowest BCUT2D eigenvalue weighted by Crippen LogP contribution is -2.22. The Labute approximate surface area is 230 Å². The van der Waals surface area contributed by atoms with Crippen molar-refractivity contribution in [1.29, 1.82) is 0 Å². The van der Waals surface area contributed by atoms with Gasteiger partial charge in [0.1, 0.15) is 23.1 Å². The number of hydrogen-bond donors (Lipinski definition) is 2. The van der Waals surface area contributed by atoms with Crippen LogP contribution in [0, 0.1) is 17.8 Å². The molecular weight excluding hydrogens is 520 g/mol. The molecule has 0 radical (unpaired) electrons. The van der Waals surface area contributed by atoms with Crippen LogP contribution >= 0.6 is 11.6 Å². The molecule has 206 valence electrons. The lowest BCUT2D eigenvalue weighted by atomic mass is 9.83. The van der Waals surface area contributed by atoms with Crippen LogP contribution in [0.5, 0.6) is 0 Å². The number of H-pyrrole nitrogens is 1. The van der Waals surface area contributed by atoms with Crippen molar-refractivity contribution in [1.82, 2.24) is 29.7 Å². The number of aromatic amines is 1. The minimum atomic E-state index is -0.757. The molecule has 4 heterocycles. The third-order valence-electron chi connectivity index (χ3n) is 8.15. The summed E-state index contributed by atoms with van der Waals surface area (Å²) in [6.45, 7) is 4.47. The number of aliphatic hydroxyl groups is 1. The van der Waals surface area contributed by atoms with Crippen LogP contribution < -0.4 is 5.76 Å². The van der Waals surface area contributed by atoms with E-state index in [-0.39, 0.29) is 11.6 Å². The van der Waals surface area contributed by atoms with E-state index < -0.39 is 11.9 Å². The van der Waals surface area contributed by atoms with Gasteiger partial charge in [0.2, 0.25) is 11.6 Å². The summed E-state index contributed by atoms with van der Waals surface area (Å²) in [4.78, 5) is 28.6. The molecule has 1 atom stereocenters. The van der Waals surface area contributed by atoms with Crippen LogP contribution in [0.2, 0.25) is 5.02 Å². The van der Waals surface area contributed by atoms with E-state index in [1.807, 2.05) is 24.3 Å². The second-order valence-electron chi connectivity index (χ2n) is 11.0. The van der Waals surface area contributed by atoms with E-state index in [4.69, 9.17) is 30.8 Å². The quantitative estimate of drug-likeness (QED) is 0.321. The van der Waals surface area contributed by atoms with E-state index in [9.17, 15) is 9.90 Å². The fraction of sp³-hybridized carbons (Fsp3) is 0.536. The molecule has 0 amide bonds. The summed E-state index contributed by atoms with van der Waals surface area (Å²) in [6, 6.07) is 7.45. The Bertz CT molecular complexity index is 1500. The summed E-state index contributed by atoms with van der Waals surface area (Å²) < 4.78 is 12.4. The number of aliphatic hydroxyl groups excluding tert-OH is 1. The molecule has 0 spiro atoms. The summed E-state index contributed by atoms with van der Waals surface area (Å²) >= 11 is 6.39. The highest BCUT2D eigenvalue weighted by Crippen LogP contribution is 2.37. The number of ether oxygens (including phenoxy) is 1. The fourth-order valence-corrected chi connectivity index (χ4v) is 6.12. The summed E-state index contributed by atoms with van der Waals surface area (Å²) in [6.07, 6.45) is 6.34. The SMILES string of the molecule is C[C@H]1CC[C@H](Cn2c(C(O)CC3CCOCC3)nc3nc(-c4noc(=O)[nH]4)nc(-c4cccc(Cl)c4)c32)CC1. The molecule has 2 fully saturated rings. The molecule has 11 heteroatoms. The highest BCUT2D eigenvalue weighted by atomic mass is 35.5. The molecule has 2 aliphatic rings. The van der Waals surface area contributed by atoms with Gasteiger partial charge in [0.15, 0.2) is 5.65 Å². The normalized spacial score (nSPS) is 21.4. The standard InChI is InChI=1S/C28H33ClN6O4/c1-16-5-7-18(8-6-16)15-35-23-22(19-3-2-4-20(29)14-19)30-25(26-33-28(37)39-34-26)31-24(23)32-27(35)21(36)13-17-9-11-38-12-10-17/h2-4,14,16-18,21,36H,5-13,15H2,1H3,(H,33,34,37)/t16-,18-,21?. The van der Waals surface area contributed by atoms with Crippen LogP contribution in [0.25, 0.3) is 34.1 Å². The molecule has 1 unspecified atom stereocenters. The van der Waals surface area contributed by atoms with Crippen LogP contribution in [0.3, 0.4) is 0 Å². The maximum atomic E-state index is 11.7. The van der Waals surface area contributed by atoms with Gasteiger partial charge < -0.3 is 14.4 Å². The maximum absolute atomic E-state index is 11.7. The summed E-state index contributed by atoms with van der Waals surface area (Å²) in [5.41, 5.74) is 2.57. The zero-order chi connectivity index (χ0) is 26.9. The van der Waals surface area contributed by atoms with Gasteiger partial charge in [-0.2, -0.15) is 0 Å². The first-order chi connectivity index (χ1) is 18.9. The Kier molecular flexibility index (Phi) is 7.51. The van der Waals surface area contributed by atoms with E-state index >= 15 is 0 Å². The van der Waals surface area contributed by atoms with Crippen molar-refractivity contribution >= 4 is 22.8 Å². The number of halogens is 1. The molecule has 6 rings (SSSR count). The monoisotopic (exact) mass is 552 g/mol. The number of fused-ring (bicyclic) bond motifs is 1. The van der Waals surface area contributed by atoms with Gasteiger partial charge in [-0.25, -0.2) is 19.7 Å². The smallest absolute Gasteiger partial charge is 0.385 e. The Morgan fingerprint density at radius 2 is 1.90 bits per heavy atom. The molecule has 3 aromatic heterocycles. The number of hydrogen-bond acceptors (Lipinski definition) is 8. The van der Waals surface area contributed by atoms with Gasteiger partial charge in [0.25, 0.3) is 0 Å². The van der Waals surface area contributed by atoms with Gasteiger partial charge in [-0.15, -0.1) is 0 Å². The molecule has 39 heavy (non-hydrogen) atoms. The number of aromatic nitrogens is 6. The summed E-state index contributed by atoms with van der Waals surface area (Å²) in [5, 5.41) is 15.9. The summed E-state index contributed by atoms with van der Waals surface area (Å²) in [5.74, 6) is 1.77. The molecule has 1 saturated carbocycles. The molecule has 1 aliphatic heterocycles. The van der Waals surface area contributed by atoms with Crippen molar-refractivity contribution < 1.29 is 14.4 Å². The van der Waals surface area contributed by atoms with Gasteiger partial charge in [-0.3, -0.25) is 9.51 Å². The van der Waals surface area contributed by atoms with Crippen molar-refractivity contribution in [2.24, 2.45) is 17.8 Å². The zero-order valence-electron chi connectivity index (χ0n) is 22.0. The molecule has 1 saturated heterocycles. The van der Waals surface area contributed by atoms with Crippen LogP contribution in [0.15, 0.2) is 33.6 Å². The van der Waals surface area contributed by atoms with E-state index in [1.165, 1.54) is 12.8 Å². The molecule has 4 aromatic rings. The largest absolute Gasteiger partial charge is 0.439 e. The highest BCUT2D eigenvalue weighted by molar-refractivity contribution is 6.30. The Morgan fingerprint density at radius 1 is 1.10 bits per heavy atom. The lowest BCUT2D eigenvalue weighted by Gasteiger charge is -2.28. The molecular formula is C28H33ClN6O4. The van der Waals surface area contributed by atoms with Crippen molar-refractivity contribution in [3.63, 3.8) is 0 Å². The average Bonchev–Trinajstić information content (AvgIpc) is 3.54. The third kappa shape index (κ3) is 5.64.